The Kier molecular flexibility index (Phi) is 21.9. The van der Waals surface area contributed by atoms with Crippen molar-refractivity contribution in [3.63, 3.8) is 0 Å². The quantitative estimate of drug-likeness (QED) is 0.487. The number of unbranched alkanes of at least 4 members (excludes halogenated alkanes) is 10. The van der Waals surface area contributed by atoms with Crippen LogP contribution in [-0.4, -0.2) is 13.1 Å². The monoisotopic (exact) mass is 307 g/mol. The molecule has 17 heavy (non-hydrogen) atoms. The van der Waals surface area contributed by atoms with Crippen molar-refractivity contribution in [2.24, 2.45) is 0 Å². The molecule has 0 fully saturated rings. The molecule has 0 unspecified atom stereocenters. The Morgan fingerprint density at radius 1 is 0.588 bits per heavy atom. The Labute approximate surface area is 120 Å². The zero-order valence-electron chi connectivity index (χ0n) is 12.1. The van der Waals surface area contributed by atoms with E-state index in [0.717, 1.165) is 0 Å². The molecule has 0 aliphatic carbocycles. The maximum atomic E-state index is 2.41. The molecule has 106 valence electrons. The molecule has 0 aromatic rings. The van der Waals surface area contributed by atoms with Gasteiger partial charge in [0.1, 0.15) is 0 Å². The lowest BCUT2D eigenvalue weighted by Gasteiger charge is -2.02. The first kappa shape index (κ1) is 19.8. The summed E-state index contributed by atoms with van der Waals surface area (Å²) < 4.78 is 0. The molecule has 0 bridgehead atoms. The predicted octanol–water partition coefficient (Wildman–Crippen LogP) is 0.885. The standard InChI is InChI=1S/C15H33N.BrH/c1-3-5-6-7-8-9-10-11-12-13-14-15-16-4-2;/h16H,3-15H2,1-2H3;1H. The van der Waals surface area contributed by atoms with Crippen LogP contribution in [0.4, 0.5) is 0 Å². The van der Waals surface area contributed by atoms with E-state index in [1.807, 2.05) is 0 Å². The van der Waals surface area contributed by atoms with Crippen LogP contribution in [0.5, 0.6) is 0 Å². The van der Waals surface area contributed by atoms with E-state index in [2.05, 4.69) is 19.2 Å². The van der Waals surface area contributed by atoms with Crippen LogP contribution in [0, 0.1) is 0 Å². The molecule has 1 nitrogen and oxygen atoms in total. The fraction of sp³-hybridized carbons (Fsp3) is 1.00. The molecule has 0 saturated carbocycles. The van der Waals surface area contributed by atoms with E-state index in [0.29, 0.717) is 0 Å². The number of halogens is 1. The summed E-state index contributed by atoms with van der Waals surface area (Å²) in [6.07, 6.45) is 16.0. The maximum Gasteiger partial charge on any atom is 0.0755 e. The number of hydrogen-bond acceptors (Lipinski definition) is 0. The van der Waals surface area contributed by atoms with Gasteiger partial charge in [-0.05, 0) is 19.8 Å². The summed E-state index contributed by atoms with van der Waals surface area (Å²) in [5.41, 5.74) is 0. The molecular formula is C15H34BrN. The molecule has 2 N–H and O–H groups in total. The third-order valence-electron chi connectivity index (χ3n) is 3.30. The fourth-order valence-corrected chi connectivity index (χ4v) is 2.16. The van der Waals surface area contributed by atoms with E-state index in [4.69, 9.17) is 0 Å². The predicted molar refractivity (Wildman–Crippen MR) is 73.8 cm³/mol. The van der Waals surface area contributed by atoms with Crippen molar-refractivity contribution in [1.29, 1.82) is 0 Å². The van der Waals surface area contributed by atoms with E-state index in [9.17, 15) is 0 Å². The highest BCUT2D eigenvalue weighted by Crippen LogP contribution is 2.10. The maximum absolute atomic E-state index is 2.41. The first-order valence-corrected chi connectivity index (χ1v) is 7.73. The Morgan fingerprint density at radius 3 is 1.41 bits per heavy atom. The van der Waals surface area contributed by atoms with Gasteiger partial charge in [0, 0.05) is 0 Å². The van der Waals surface area contributed by atoms with Crippen molar-refractivity contribution >= 4 is 0 Å². The van der Waals surface area contributed by atoms with Gasteiger partial charge in [0.15, 0.2) is 0 Å². The van der Waals surface area contributed by atoms with Crippen LogP contribution < -0.4 is 22.3 Å². The van der Waals surface area contributed by atoms with Crippen molar-refractivity contribution in [3.05, 3.63) is 0 Å². The van der Waals surface area contributed by atoms with Crippen molar-refractivity contribution < 1.29 is 22.3 Å². The highest BCUT2D eigenvalue weighted by atomic mass is 79.9. The first-order valence-electron chi connectivity index (χ1n) is 7.73. The fourth-order valence-electron chi connectivity index (χ4n) is 2.16. The van der Waals surface area contributed by atoms with Crippen molar-refractivity contribution in [1.82, 2.24) is 0 Å². The van der Waals surface area contributed by atoms with Gasteiger partial charge in [0.2, 0.25) is 0 Å². The summed E-state index contributed by atoms with van der Waals surface area (Å²) in [6.45, 7) is 7.11. The lowest BCUT2D eigenvalue weighted by atomic mass is 10.1. The summed E-state index contributed by atoms with van der Waals surface area (Å²) in [6, 6.07) is 0. The third-order valence-corrected chi connectivity index (χ3v) is 3.30. The minimum Gasteiger partial charge on any atom is -1.00 e. The molecule has 0 amide bonds. The van der Waals surface area contributed by atoms with Crippen LogP contribution in [0.25, 0.3) is 0 Å². The van der Waals surface area contributed by atoms with Gasteiger partial charge in [-0.1, -0.05) is 64.7 Å². The summed E-state index contributed by atoms with van der Waals surface area (Å²) in [4.78, 5) is 0. The van der Waals surface area contributed by atoms with Crippen LogP contribution in [0.2, 0.25) is 0 Å². The van der Waals surface area contributed by atoms with Crippen molar-refractivity contribution in [2.45, 2.75) is 84.5 Å². The third kappa shape index (κ3) is 19.0. The van der Waals surface area contributed by atoms with E-state index < -0.39 is 0 Å². The normalized spacial score (nSPS) is 10.2. The van der Waals surface area contributed by atoms with E-state index in [1.165, 1.54) is 83.7 Å². The first-order chi connectivity index (χ1) is 7.91. The van der Waals surface area contributed by atoms with Gasteiger partial charge in [-0.25, -0.2) is 0 Å². The minimum atomic E-state index is 0. The van der Waals surface area contributed by atoms with Crippen LogP contribution >= 0.6 is 0 Å². The lowest BCUT2D eigenvalue weighted by Crippen LogP contribution is -3.00. The van der Waals surface area contributed by atoms with Crippen LogP contribution in [0.3, 0.4) is 0 Å². The van der Waals surface area contributed by atoms with Gasteiger partial charge in [-0.3, -0.25) is 0 Å². The molecule has 2 heteroatoms. The topological polar surface area (TPSA) is 16.6 Å². The molecule has 0 saturated heterocycles. The van der Waals surface area contributed by atoms with Crippen LogP contribution in [0.1, 0.15) is 84.5 Å². The highest BCUT2D eigenvalue weighted by molar-refractivity contribution is 4.47. The van der Waals surface area contributed by atoms with E-state index in [1.54, 1.807) is 0 Å². The number of hydrogen-bond donors (Lipinski definition) is 1. The Morgan fingerprint density at radius 2 is 1.00 bits per heavy atom. The smallest absolute Gasteiger partial charge is 0.0755 e. The number of nitrogens with two attached hydrogens (primary N) is 1. The largest absolute Gasteiger partial charge is 1.00 e. The Hall–Kier alpha value is 0.440. The van der Waals surface area contributed by atoms with Gasteiger partial charge in [0.25, 0.3) is 0 Å². The average Bonchev–Trinajstić information content (AvgIpc) is 2.31. The SMILES string of the molecule is CCCCCCCCCCCCC[NH2+]CC.[Br-]. The second-order valence-corrected chi connectivity index (χ2v) is 5.02. The lowest BCUT2D eigenvalue weighted by molar-refractivity contribution is -0.652. The average molecular weight is 308 g/mol. The van der Waals surface area contributed by atoms with Crippen LogP contribution in [0.15, 0.2) is 0 Å². The molecule has 0 spiro atoms. The number of rotatable bonds is 13. The zero-order chi connectivity index (χ0) is 11.9. The molecule has 0 aliphatic rings. The van der Waals surface area contributed by atoms with Gasteiger partial charge in [-0.2, -0.15) is 0 Å². The van der Waals surface area contributed by atoms with Gasteiger partial charge in [-0.15, -0.1) is 0 Å². The summed E-state index contributed by atoms with van der Waals surface area (Å²) >= 11 is 0. The van der Waals surface area contributed by atoms with E-state index in [-0.39, 0.29) is 17.0 Å². The van der Waals surface area contributed by atoms with Crippen molar-refractivity contribution in [2.75, 3.05) is 13.1 Å². The minimum absolute atomic E-state index is 0. The molecular weight excluding hydrogens is 274 g/mol. The molecule has 0 aromatic heterocycles. The van der Waals surface area contributed by atoms with Gasteiger partial charge < -0.3 is 22.3 Å². The molecule has 0 radical (unpaired) electrons. The Balaban J connectivity index is 0. The molecule has 0 rings (SSSR count). The second kappa shape index (κ2) is 18.8. The van der Waals surface area contributed by atoms with Crippen molar-refractivity contribution in [3.8, 4) is 0 Å². The summed E-state index contributed by atoms with van der Waals surface area (Å²) in [5, 5.41) is 2.41. The van der Waals surface area contributed by atoms with Crippen LogP contribution in [-0.2, 0) is 0 Å². The van der Waals surface area contributed by atoms with E-state index >= 15 is 0 Å². The number of quaternary nitrogens is 1. The highest BCUT2D eigenvalue weighted by Gasteiger charge is 1.93. The molecule has 0 heterocycles. The molecule has 0 aliphatic heterocycles. The molecule has 0 atom stereocenters. The molecule has 0 aromatic carbocycles. The van der Waals surface area contributed by atoms with Gasteiger partial charge >= 0.3 is 0 Å². The van der Waals surface area contributed by atoms with Gasteiger partial charge in [0.05, 0.1) is 13.1 Å². The Bertz CT molecular complexity index is 103. The second-order valence-electron chi connectivity index (χ2n) is 5.02. The zero-order valence-corrected chi connectivity index (χ0v) is 13.7. The summed E-state index contributed by atoms with van der Waals surface area (Å²) in [7, 11) is 0. The summed E-state index contributed by atoms with van der Waals surface area (Å²) in [5.74, 6) is 0.